The highest BCUT2D eigenvalue weighted by Crippen LogP contribution is 2.25. The van der Waals surface area contributed by atoms with Gasteiger partial charge in [-0.25, -0.2) is 0 Å². The first-order chi connectivity index (χ1) is 8.00. The molecule has 5 heteroatoms. The maximum Gasteiger partial charge on any atom is 0.268 e. The number of H-pyrrole nitrogens is 1. The fourth-order valence-corrected chi connectivity index (χ4v) is 2.01. The van der Waals surface area contributed by atoms with Crippen molar-refractivity contribution >= 4 is 22.6 Å². The molecule has 2 aromatic rings. The van der Waals surface area contributed by atoms with Crippen LogP contribution in [0.1, 0.15) is 11.1 Å². The van der Waals surface area contributed by atoms with Crippen LogP contribution in [0.4, 0.5) is 0 Å². The van der Waals surface area contributed by atoms with Gasteiger partial charge in [0.25, 0.3) is 5.56 Å². The second-order valence-electron chi connectivity index (χ2n) is 3.82. The molecule has 0 aliphatic rings. The van der Waals surface area contributed by atoms with Crippen molar-refractivity contribution in [2.75, 3.05) is 0 Å². The van der Waals surface area contributed by atoms with E-state index in [4.69, 9.17) is 0 Å². The van der Waals surface area contributed by atoms with Crippen molar-refractivity contribution in [1.82, 2.24) is 9.97 Å². The Kier molecular flexibility index (Phi) is 3.19. The van der Waals surface area contributed by atoms with Crippen LogP contribution in [0, 0.1) is 17.4 Å². The number of aromatic hydroxyl groups is 1. The molecule has 0 unspecified atom stereocenters. The van der Waals surface area contributed by atoms with Gasteiger partial charge >= 0.3 is 0 Å². The number of nitrogens with zero attached hydrogens (tertiary/aromatic N) is 1. The lowest BCUT2D eigenvalue weighted by atomic mass is 10.0. The molecule has 17 heavy (non-hydrogen) atoms. The van der Waals surface area contributed by atoms with Gasteiger partial charge in [-0.1, -0.05) is 18.2 Å². The van der Waals surface area contributed by atoms with Crippen LogP contribution < -0.4 is 5.56 Å². The summed E-state index contributed by atoms with van der Waals surface area (Å²) < 4.78 is 0.206. The van der Waals surface area contributed by atoms with E-state index < -0.39 is 0 Å². The smallest absolute Gasteiger partial charge is 0.268 e. The molecule has 2 rings (SSSR count). The third-order valence-corrected chi connectivity index (χ3v) is 3.54. The Morgan fingerprint density at radius 1 is 1.29 bits per heavy atom. The van der Waals surface area contributed by atoms with Crippen LogP contribution in [0.25, 0.3) is 11.4 Å². The number of aryl methyl sites for hydroxylation is 2. The monoisotopic (exact) mass is 342 g/mol. The molecule has 4 nitrogen and oxygen atoms in total. The lowest BCUT2D eigenvalue weighted by Crippen LogP contribution is -2.13. The van der Waals surface area contributed by atoms with Crippen LogP contribution in [0.2, 0.25) is 0 Å². The van der Waals surface area contributed by atoms with Crippen LogP contribution in [0.5, 0.6) is 5.88 Å². The molecular formula is C12H11IN2O2. The number of nitrogens with one attached hydrogen (secondary N) is 1. The summed E-state index contributed by atoms with van der Waals surface area (Å²) in [5.74, 6) is 0.176. The number of aromatic amines is 1. The fourth-order valence-electron chi connectivity index (χ4n) is 1.75. The Bertz CT molecular complexity index is 615. The molecule has 2 N–H and O–H groups in total. The summed E-state index contributed by atoms with van der Waals surface area (Å²) in [6, 6.07) is 5.83. The Labute approximate surface area is 112 Å². The zero-order valence-electron chi connectivity index (χ0n) is 9.41. The van der Waals surface area contributed by atoms with Crippen molar-refractivity contribution in [2.24, 2.45) is 0 Å². The van der Waals surface area contributed by atoms with Crippen molar-refractivity contribution in [3.05, 3.63) is 43.2 Å². The molecule has 0 saturated heterocycles. The minimum Gasteiger partial charge on any atom is -0.492 e. The molecule has 1 aromatic heterocycles. The molecule has 0 spiro atoms. The summed E-state index contributed by atoms with van der Waals surface area (Å²) in [4.78, 5) is 18.3. The van der Waals surface area contributed by atoms with E-state index in [9.17, 15) is 9.90 Å². The maximum atomic E-state index is 11.6. The predicted octanol–water partition coefficient (Wildman–Crippen LogP) is 2.36. The van der Waals surface area contributed by atoms with E-state index in [1.165, 1.54) is 0 Å². The molecule has 0 aliphatic carbocycles. The molecule has 1 heterocycles. The average molecular weight is 342 g/mol. The molecule has 0 radical (unpaired) electrons. The van der Waals surface area contributed by atoms with Gasteiger partial charge in [-0.05, 0) is 47.6 Å². The minimum absolute atomic E-state index is 0.206. The van der Waals surface area contributed by atoms with E-state index in [0.29, 0.717) is 5.82 Å². The van der Waals surface area contributed by atoms with Gasteiger partial charge in [0.15, 0.2) is 0 Å². The van der Waals surface area contributed by atoms with E-state index >= 15 is 0 Å². The van der Waals surface area contributed by atoms with Gasteiger partial charge in [0, 0.05) is 5.56 Å². The Morgan fingerprint density at radius 3 is 2.41 bits per heavy atom. The average Bonchev–Trinajstić information content (AvgIpc) is 2.25. The molecule has 0 atom stereocenters. The molecule has 0 amide bonds. The van der Waals surface area contributed by atoms with Crippen LogP contribution >= 0.6 is 22.6 Å². The number of hydrogen-bond donors (Lipinski definition) is 2. The van der Waals surface area contributed by atoms with Crippen molar-refractivity contribution in [3.63, 3.8) is 0 Å². The molecule has 0 bridgehead atoms. The van der Waals surface area contributed by atoms with Gasteiger partial charge in [-0.3, -0.25) is 4.79 Å². The zero-order valence-corrected chi connectivity index (χ0v) is 11.6. The molecular weight excluding hydrogens is 331 g/mol. The number of rotatable bonds is 1. The highest BCUT2D eigenvalue weighted by molar-refractivity contribution is 14.1. The molecule has 0 aliphatic heterocycles. The second-order valence-corrected chi connectivity index (χ2v) is 4.90. The third kappa shape index (κ3) is 2.19. The summed E-state index contributed by atoms with van der Waals surface area (Å²) in [6.45, 7) is 3.88. The number of benzene rings is 1. The van der Waals surface area contributed by atoms with Gasteiger partial charge in [0.1, 0.15) is 9.39 Å². The van der Waals surface area contributed by atoms with Crippen molar-refractivity contribution in [3.8, 4) is 17.3 Å². The first-order valence-corrected chi connectivity index (χ1v) is 6.14. The van der Waals surface area contributed by atoms with Crippen LogP contribution in [0.3, 0.4) is 0 Å². The van der Waals surface area contributed by atoms with Gasteiger partial charge in [0.2, 0.25) is 5.88 Å². The van der Waals surface area contributed by atoms with Gasteiger partial charge in [-0.15, -0.1) is 0 Å². The quantitative estimate of drug-likeness (QED) is 0.782. The summed E-state index contributed by atoms with van der Waals surface area (Å²) >= 11 is 1.77. The molecule has 0 fully saturated rings. The summed E-state index contributed by atoms with van der Waals surface area (Å²) in [6.07, 6.45) is 0. The third-order valence-electron chi connectivity index (χ3n) is 2.56. The largest absolute Gasteiger partial charge is 0.492 e. The highest BCUT2D eigenvalue weighted by atomic mass is 127. The second kappa shape index (κ2) is 4.48. The van der Waals surface area contributed by atoms with Crippen LogP contribution in [-0.2, 0) is 0 Å². The molecule has 88 valence electrons. The van der Waals surface area contributed by atoms with Crippen LogP contribution in [0.15, 0.2) is 23.0 Å². The van der Waals surface area contributed by atoms with E-state index in [2.05, 4.69) is 9.97 Å². The van der Waals surface area contributed by atoms with E-state index in [1.54, 1.807) is 22.6 Å². The zero-order chi connectivity index (χ0) is 12.6. The van der Waals surface area contributed by atoms with E-state index in [1.807, 2.05) is 32.0 Å². The Balaban J connectivity index is 2.74. The Hall–Kier alpha value is -1.37. The number of hydrogen-bond acceptors (Lipinski definition) is 3. The van der Waals surface area contributed by atoms with E-state index in [-0.39, 0.29) is 15.0 Å². The standard InChI is InChI=1S/C12H11IN2O2/c1-6-4-3-5-7(2)8(6)10-14-11(16)9(13)12(17)15-10/h3-5H,1-2H3,(H2,14,15,16,17). The summed E-state index contributed by atoms with van der Waals surface area (Å²) in [5.41, 5.74) is 2.55. The maximum absolute atomic E-state index is 11.6. The number of aromatic nitrogens is 2. The fraction of sp³-hybridized carbons (Fsp3) is 0.167. The van der Waals surface area contributed by atoms with E-state index in [0.717, 1.165) is 16.7 Å². The number of halogens is 1. The van der Waals surface area contributed by atoms with Crippen molar-refractivity contribution < 1.29 is 5.11 Å². The van der Waals surface area contributed by atoms with Gasteiger partial charge in [0.05, 0.1) is 0 Å². The summed E-state index contributed by atoms with van der Waals surface area (Å²) in [5, 5.41) is 9.59. The SMILES string of the molecule is Cc1cccc(C)c1-c1nc(O)c(I)c(=O)[nH]1. The normalized spacial score (nSPS) is 10.5. The first-order valence-electron chi connectivity index (χ1n) is 5.06. The van der Waals surface area contributed by atoms with Gasteiger partial charge in [-0.2, -0.15) is 4.98 Å². The predicted molar refractivity (Wildman–Crippen MR) is 74.1 cm³/mol. The van der Waals surface area contributed by atoms with Crippen molar-refractivity contribution in [1.29, 1.82) is 0 Å². The van der Waals surface area contributed by atoms with Crippen LogP contribution in [-0.4, -0.2) is 15.1 Å². The van der Waals surface area contributed by atoms with Crippen molar-refractivity contribution in [2.45, 2.75) is 13.8 Å². The highest BCUT2D eigenvalue weighted by Gasteiger charge is 2.12. The Morgan fingerprint density at radius 2 is 1.88 bits per heavy atom. The molecule has 0 saturated carbocycles. The first kappa shape index (κ1) is 12.1. The lowest BCUT2D eigenvalue weighted by molar-refractivity contribution is 0.447. The summed E-state index contributed by atoms with van der Waals surface area (Å²) in [7, 11) is 0. The lowest BCUT2D eigenvalue weighted by Gasteiger charge is -2.09. The van der Waals surface area contributed by atoms with Gasteiger partial charge < -0.3 is 10.1 Å². The topological polar surface area (TPSA) is 66.0 Å². The minimum atomic E-state index is -0.323. The molecule has 1 aromatic carbocycles.